The minimum Gasteiger partial charge on any atom is -0.366 e. The molecule has 0 saturated heterocycles. The molecule has 11 heavy (non-hydrogen) atoms. The molecule has 2 unspecified atom stereocenters. The number of carbonyl (C=O) groups excluding carboxylic acids is 1. The Bertz CT molecular complexity index is 220. The van der Waals surface area contributed by atoms with Gasteiger partial charge in [0, 0.05) is 5.57 Å². The highest BCUT2D eigenvalue weighted by molar-refractivity contribution is 5.94. The number of primary amides is 1. The Morgan fingerprint density at radius 3 is 2.82 bits per heavy atom. The lowest BCUT2D eigenvalue weighted by Crippen LogP contribution is -2.35. The Morgan fingerprint density at radius 1 is 1.45 bits per heavy atom. The zero-order valence-corrected chi connectivity index (χ0v) is 6.55. The fourth-order valence-electron chi connectivity index (χ4n) is 2.25. The smallest absolute Gasteiger partial charge is 0.244 e. The highest BCUT2D eigenvalue weighted by Crippen LogP contribution is 2.43. The molecule has 0 spiro atoms. The van der Waals surface area contributed by atoms with Gasteiger partial charge in [0.2, 0.25) is 5.91 Å². The zero-order valence-electron chi connectivity index (χ0n) is 6.55. The van der Waals surface area contributed by atoms with E-state index < -0.39 is 0 Å². The summed E-state index contributed by atoms with van der Waals surface area (Å²) in [6.45, 7) is 0. The van der Waals surface area contributed by atoms with Crippen LogP contribution in [0.4, 0.5) is 0 Å². The van der Waals surface area contributed by atoms with Gasteiger partial charge in [-0.1, -0.05) is 18.9 Å². The van der Waals surface area contributed by atoms with E-state index in [0.717, 1.165) is 5.57 Å². The average Bonchev–Trinajstić information content (AvgIpc) is 1.90. The Balaban J connectivity index is 2.11. The minimum atomic E-state index is -0.201. The van der Waals surface area contributed by atoms with Crippen molar-refractivity contribution >= 4 is 5.91 Å². The van der Waals surface area contributed by atoms with E-state index in [2.05, 4.69) is 6.08 Å². The van der Waals surface area contributed by atoms with Gasteiger partial charge >= 0.3 is 0 Å². The second kappa shape index (κ2) is 2.36. The molecule has 0 radical (unpaired) electrons. The molecule has 0 bridgehead atoms. The Morgan fingerprint density at radius 2 is 2.18 bits per heavy atom. The van der Waals surface area contributed by atoms with E-state index in [-0.39, 0.29) is 5.91 Å². The second-order valence-corrected chi connectivity index (χ2v) is 3.54. The van der Waals surface area contributed by atoms with Gasteiger partial charge in [-0.05, 0) is 24.7 Å². The molecule has 0 aromatic carbocycles. The number of allylic oxidation sites excluding steroid dienone is 1. The van der Waals surface area contributed by atoms with Gasteiger partial charge in [-0.3, -0.25) is 4.79 Å². The van der Waals surface area contributed by atoms with Crippen LogP contribution in [0.5, 0.6) is 0 Å². The van der Waals surface area contributed by atoms with Gasteiger partial charge < -0.3 is 5.73 Å². The fraction of sp³-hybridized carbons (Fsp3) is 0.667. The summed E-state index contributed by atoms with van der Waals surface area (Å²) in [4.78, 5) is 10.8. The predicted molar refractivity (Wildman–Crippen MR) is 42.7 cm³/mol. The van der Waals surface area contributed by atoms with E-state index in [1.807, 2.05) is 0 Å². The van der Waals surface area contributed by atoms with Crippen LogP contribution < -0.4 is 5.73 Å². The zero-order chi connectivity index (χ0) is 7.84. The van der Waals surface area contributed by atoms with Gasteiger partial charge in [0.15, 0.2) is 0 Å². The van der Waals surface area contributed by atoms with E-state index in [4.69, 9.17) is 5.73 Å². The third kappa shape index (κ3) is 0.971. The van der Waals surface area contributed by atoms with Crippen molar-refractivity contribution in [3.05, 3.63) is 11.6 Å². The van der Waals surface area contributed by atoms with Crippen molar-refractivity contribution in [2.75, 3.05) is 0 Å². The maximum Gasteiger partial charge on any atom is 0.244 e. The largest absolute Gasteiger partial charge is 0.366 e. The molecule has 2 rings (SSSR count). The van der Waals surface area contributed by atoms with Gasteiger partial charge in [0.05, 0.1) is 0 Å². The second-order valence-electron chi connectivity index (χ2n) is 3.54. The number of amides is 1. The maximum atomic E-state index is 10.8. The number of hydrogen-bond acceptors (Lipinski definition) is 1. The molecule has 1 amide bonds. The molecule has 0 aromatic rings. The molecular weight excluding hydrogens is 138 g/mol. The third-order valence-corrected chi connectivity index (χ3v) is 2.90. The van der Waals surface area contributed by atoms with Gasteiger partial charge in [0.1, 0.15) is 0 Å². The summed E-state index contributed by atoms with van der Waals surface area (Å²) in [6.07, 6.45) is 7.10. The summed E-state index contributed by atoms with van der Waals surface area (Å²) in [5, 5.41) is 0. The van der Waals surface area contributed by atoms with Gasteiger partial charge in [-0.15, -0.1) is 0 Å². The van der Waals surface area contributed by atoms with Crippen LogP contribution in [0.3, 0.4) is 0 Å². The van der Waals surface area contributed by atoms with Crippen LogP contribution in [0.2, 0.25) is 0 Å². The number of fused-ring (bicyclic) bond motifs is 1. The summed E-state index contributed by atoms with van der Waals surface area (Å²) in [5.41, 5.74) is 6.10. The van der Waals surface area contributed by atoms with E-state index in [1.54, 1.807) is 0 Å². The SMILES string of the molecule is NC(=O)C1=CC2CCCCC12. The molecule has 2 N–H and O–H groups in total. The first kappa shape index (κ1) is 6.89. The molecule has 2 atom stereocenters. The lowest BCUT2D eigenvalue weighted by molar-refractivity contribution is -0.115. The lowest BCUT2D eigenvalue weighted by Gasteiger charge is -2.38. The number of carbonyl (C=O) groups is 1. The quantitative estimate of drug-likeness (QED) is 0.601. The predicted octanol–water partition coefficient (Wildman–Crippen LogP) is 1.22. The first-order valence-corrected chi connectivity index (χ1v) is 4.30. The highest BCUT2D eigenvalue weighted by Gasteiger charge is 2.36. The third-order valence-electron chi connectivity index (χ3n) is 2.90. The molecule has 2 aliphatic carbocycles. The summed E-state index contributed by atoms with van der Waals surface area (Å²) >= 11 is 0. The molecule has 1 fully saturated rings. The summed E-state index contributed by atoms with van der Waals surface area (Å²) in [5.74, 6) is 1.01. The van der Waals surface area contributed by atoms with Crippen molar-refractivity contribution in [2.45, 2.75) is 25.7 Å². The molecule has 0 aliphatic heterocycles. The molecule has 60 valence electrons. The van der Waals surface area contributed by atoms with Crippen molar-refractivity contribution in [1.82, 2.24) is 0 Å². The number of hydrogen-bond donors (Lipinski definition) is 1. The average molecular weight is 151 g/mol. The van der Waals surface area contributed by atoms with Crippen LogP contribution in [0.25, 0.3) is 0 Å². The normalized spacial score (nSPS) is 35.1. The molecule has 2 heteroatoms. The highest BCUT2D eigenvalue weighted by atomic mass is 16.1. The lowest BCUT2D eigenvalue weighted by atomic mass is 9.66. The fourth-order valence-corrected chi connectivity index (χ4v) is 2.25. The van der Waals surface area contributed by atoms with E-state index in [0.29, 0.717) is 11.8 Å². The standard InChI is InChI=1S/C9H13NO/c10-9(11)8-5-6-3-1-2-4-7(6)8/h5-7H,1-4H2,(H2,10,11). The number of rotatable bonds is 1. The Labute approximate surface area is 66.5 Å². The van der Waals surface area contributed by atoms with Crippen molar-refractivity contribution in [3.63, 3.8) is 0 Å². The van der Waals surface area contributed by atoms with Gasteiger partial charge in [-0.2, -0.15) is 0 Å². The van der Waals surface area contributed by atoms with Gasteiger partial charge in [0.25, 0.3) is 0 Å². The molecule has 2 aliphatic rings. The maximum absolute atomic E-state index is 10.8. The molecule has 0 aromatic heterocycles. The van der Waals surface area contributed by atoms with Crippen molar-refractivity contribution in [2.24, 2.45) is 17.6 Å². The van der Waals surface area contributed by atoms with E-state index in [9.17, 15) is 4.79 Å². The summed E-state index contributed by atoms with van der Waals surface area (Å²) in [6, 6.07) is 0. The molecule has 0 heterocycles. The van der Waals surface area contributed by atoms with Crippen LogP contribution in [0.1, 0.15) is 25.7 Å². The van der Waals surface area contributed by atoms with Crippen LogP contribution in [-0.2, 0) is 4.79 Å². The van der Waals surface area contributed by atoms with Gasteiger partial charge in [-0.25, -0.2) is 0 Å². The van der Waals surface area contributed by atoms with E-state index >= 15 is 0 Å². The van der Waals surface area contributed by atoms with E-state index in [1.165, 1.54) is 25.7 Å². The monoisotopic (exact) mass is 151 g/mol. The van der Waals surface area contributed by atoms with Crippen LogP contribution in [-0.4, -0.2) is 5.91 Å². The van der Waals surface area contributed by atoms with Crippen molar-refractivity contribution in [1.29, 1.82) is 0 Å². The first-order chi connectivity index (χ1) is 5.29. The summed E-state index contributed by atoms with van der Waals surface area (Å²) < 4.78 is 0. The van der Waals surface area contributed by atoms with Crippen LogP contribution >= 0.6 is 0 Å². The topological polar surface area (TPSA) is 43.1 Å². The Hall–Kier alpha value is -0.790. The molecular formula is C9H13NO. The van der Waals surface area contributed by atoms with Crippen molar-refractivity contribution < 1.29 is 4.79 Å². The van der Waals surface area contributed by atoms with Crippen LogP contribution in [0, 0.1) is 11.8 Å². The minimum absolute atomic E-state index is 0.201. The van der Waals surface area contributed by atoms with Crippen LogP contribution in [0.15, 0.2) is 11.6 Å². The summed E-state index contributed by atoms with van der Waals surface area (Å²) in [7, 11) is 0. The Kier molecular flexibility index (Phi) is 1.48. The first-order valence-electron chi connectivity index (χ1n) is 4.30. The van der Waals surface area contributed by atoms with Crippen molar-refractivity contribution in [3.8, 4) is 0 Å². The molecule has 1 saturated carbocycles. The molecule has 2 nitrogen and oxygen atoms in total. The number of nitrogens with two attached hydrogens (primary N) is 1.